The predicted molar refractivity (Wildman–Crippen MR) is 90.7 cm³/mol. The summed E-state index contributed by atoms with van der Waals surface area (Å²) in [6.45, 7) is 5.82. The molecule has 1 amide bonds. The van der Waals surface area contributed by atoms with Crippen LogP contribution in [0.2, 0.25) is 0 Å². The number of aliphatic hydroxyl groups excluding tert-OH is 1. The van der Waals surface area contributed by atoms with Crippen LogP contribution < -0.4 is 5.32 Å². The van der Waals surface area contributed by atoms with Gasteiger partial charge in [-0.25, -0.2) is 0 Å². The zero-order valence-corrected chi connectivity index (χ0v) is 13.4. The number of anilines is 1. The van der Waals surface area contributed by atoms with E-state index in [1.54, 1.807) is 24.3 Å². The molecule has 4 heteroatoms. The lowest BCUT2D eigenvalue weighted by molar-refractivity contribution is 0.0998. The molecule has 2 aromatic carbocycles. The minimum absolute atomic E-state index is 0.0637. The number of fused-ring (bicyclic) bond motifs is 1. The Morgan fingerprint density at radius 1 is 1.13 bits per heavy atom. The summed E-state index contributed by atoms with van der Waals surface area (Å²) in [5.74, 6) is 0.0411. The van der Waals surface area contributed by atoms with Crippen LogP contribution >= 0.6 is 0 Å². The quantitative estimate of drug-likeness (QED) is 0.765. The second-order valence-corrected chi connectivity index (χ2v) is 5.77. The van der Waals surface area contributed by atoms with E-state index in [1.165, 1.54) is 0 Å². The zero-order chi connectivity index (χ0) is 16.6. The fourth-order valence-corrected chi connectivity index (χ4v) is 2.83. The molecule has 2 N–H and O–H groups in total. The zero-order valence-electron chi connectivity index (χ0n) is 13.4. The number of rotatable bonds is 3. The van der Waals surface area contributed by atoms with Gasteiger partial charge >= 0.3 is 0 Å². The Morgan fingerprint density at radius 2 is 1.87 bits per heavy atom. The minimum atomic E-state index is -0.285. The van der Waals surface area contributed by atoms with E-state index in [1.807, 2.05) is 32.9 Å². The van der Waals surface area contributed by atoms with E-state index >= 15 is 0 Å². The van der Waals surface area contributed by atoms with E-state index in [9.17, 15) is 9.90 Å². The Bertz CT molecular complexity index is 893. The van der Waals surface area contributed by atoms with Crippen LogP contribution in [-0.2, 0) is 6.61 Å². The first-order chi connectivity index (χ1) is 11.0. The molecule has 3 rings (SSSR count). The highest BCUT2D eigenvalue weighted by molar-refractivity contribution is 6.07. The van der Waals surface area contributed by atoms with Crippen LogP contribution in [0.3, 0.4) is 0 Å². The van der Waals surface area contributed by atoms with Crippen LogP contribution in [0.4, 0.5) is 5.69 Å². The Labute approximate surface area is 134 Å². The van der Waals surface area contributed by atoms with Gasteiger partial charge in [-0.1, -0.05) is 24.3 Å². The smallest absolute Gasteiger partial charge is 0.291 e. The molecule has 0 aliphatic heterocycles. The van der Waals surface area contributed by atoms with Crippen molar-refractivity contribution >= 4 is 22.6 Å². The second kappa shape index (κ2) is 5.89. The third kappa shape index (κ3) is 2.73. The first-order valence-corrected chi connectivity index (χ1v) is 7.51. The molecule has 3 aromatic rings. The Morgan fingerprint density at radius 3 is 2.57 bits per heavy atom. The highest BCUT2D eigenvalue weighted by Gasteiger charge is 2.20. The van der Waals surface area contributed by atoms with Gasteiger partial charge in [-0.2, -0.15) is 0 Å². The number of hydrogen-bond donors (Lipinski definition) is 2. The predicted octanol–water partition coefficient (Wildman–Crippen LogP) is 4.10. The number of hydrogen-bond acceptors (Lipinski definition) is 3. The number of amides is 1. The maximum atomic E-state index is 12.6. The average molecular weight is 309 g/mol. The molecule has 23 heavy (non-hydrogen) atoms. The molecule has 0 spiro atoms. The number of aliphatic hydroxyl groups is 1. The normalized spacial score (nSPS) is 11.0. The Hall–Kier alpha value is -2.59. The molecule has 118 valence electrons. The van der Waals surface area contributed by atoms with Crippen molar-refractivity contribution < 1.29 is 14.3 Å². The van der Waals surface area contributed by atoms with E-state index in [0.717, 1.165) is 33.2 Å². The molecule has 1 aromatic heterocycles. The monoisotopic (exact) mass is 309 g/mol. The molecule has 0 radical (unpaired) electrons. The summed E-state index contributed by atoms with van der Waals surface area (Å²) >= 11 is 0. The molecule has 4 nitrogen and oxygen atoms in total. The highest BCUT2D eigenvalue weighted by atomic mass is 16.3. The third-order valence-corrected chi connectivity index (χ3v) is 4.06. The highest BCUT2D eigenvalue weighted by Crippen LogP contribution is 2.31. The molecule has 0 bridgehead atoms. The fourth-order valence-electron chi connectivity index (χ4n) is 2.83. The van der Waals surface area contributed by atoms with Crippen molar-refractivity contribution in [3.63, 3.8) is 0 Å². The fraction of sp³-hybridized carbons (Fsp3) is 0.211. The molecule has 0 aliphatic rings. The Balaban J connectivity index is 1.99. The van der Waals surface area contributed by atoms with Gasteiger partial charge in [-0.15, -0.1) is 0 Å². The van der Waals surface area contributed by atoms with Crippen molar-refractivity contribution in [3.05, 3.63) is 64.4 Å². The van der Waals surface area contributed by atoms with Gasteiger partial charge in [-0.05, 0) is 49.6 Å². The van der Waals surface area contributed by atoms with Crippen molar-refractivity contribution in [2.24, 2.45) is 0 Å². The lowest BCUT2D eigenvalue weighted by Gasteiger charge is -2.05. The molecule has 0 fully saturated rings. The van der Waals surface area contributed by atoms with E-state index < -0.39 is 0 Å². The summed E-state index contributed by atoms with van der Waals surface area (Å²) in [5.41, 5.74) is 5.09. The first kappa shape index (κ1) is 15.3. The second-order valence-electron chi connectivity index (χ2n) is 5.77. The van der Waals surface area contributed by atoms with Crippen molar-refractivity contribution in [3.8, 4) is 0 Å². The van der Waals surface area contributed by atoms with Gasteiger partial charge in [0.15, 0.2) is 5.76 Å². The third-order valence-electron chi connectivity index (χ3n) is 4.06. The molecular formula is C19H19NO3. The number of nitrogens with one attached hydrogen (secondary N) is 1. The van der Waals surface area contributed by atoms with Gasteiger partial charge in [0.05, 0.1) is 6.61 Å². The summed E-state index contributed by atoms with van der Waals surface area (Å²) in [4.78, 5) is 12.6. The maximum absolute atomic E-state index is 12.6. The first-order valence-electron chi connectivity index (χ1n) is 7.51. The number of aryl methyl sites for hydroxylation is 3. The van der Waals surface area contributed by atoms with Crippen molar-refractivity contribution in [2.45, 2.75) is 27.4 Å². The number of carbonyl (C=O) groups is 1. The summed E-state index contributed by atoms with van der Waals surface area (Å²) in [7, 11) is 0. The summed E-state index contributed by atoms with van der Waals surface area (Å²) in [5, 5.41) is 13.0. The lowest BCUT2D eigenvalue weighted by atomic mass is 10.0. The van der Waals surface area contributed by atoms with Gasteiger partial charge in [0, 0.05) is 16.6 Å². The maximum Gasteiger partial charge on any atom is 0.291 e. The van der Waals surface area contributed by atoms with E-state index in [4.69, 9.17) is 4.42 Å². The van der Waals surface area contributed by atoms with Crippen LogP contribution in [0, 0.1) is 20.8 Å². The molecule has 0 saturated carbocycles. The number of furan rings is 1. The van der Waals surface area contributed by atoms with Gasteiger partial charge in [0.2, 0.25) is 0 Å². The Kier molecular flexibility index (Phi) is 3.92. The molecule has 0 unspecified atom stereocenters. The van der Waals surface area contributed by atoms with Gasteiger partial charge in [0.25, 0.3) is 5.91 Å². The molecular weight excluding hydrogens is 290 g/mol. The number of carbonyl (C=O) groups excluding carboxylic acids is 1. The standard InChI is InChI=1S/C19H19NO3/c1-11-7-8-12(2)17-16(11)13(3)18(23-17)19(22)20-15-6-4-5-14(9-15)10-21/h4-9,21H,10H2,1-3H3,(H,20,22). The van der Waals surface area contributed by atoms with Crippen LogP contribution in [0.5, 0.6) is 0 Å². The molecule has 1 heterocycles. The summed E-state index contributed by atoms with van der Waals surface area (Å²) < 4.78 is 5.84. The molecule has 0 saturated heterocycles. The molecule has 0 atom stereocenters. The van der Waals surface area contributed by atoms with Gasteiger partial charge in [0.1, 0.15) is 5.58 Å². The minimum Gasteiger partial charge on any atom is -0.450 e. The SMILES string of the molecule is Cc1ccc(C)c2c(C)c(C(=O)Nc3cccc(CO)c3)oc12. The van der Waals surface area contributed by atoms with Crippen LogP contribution in [0.15, 0.2) is 40.8 Å². The van der Waals surface area contributed by atoms with Gasteiger partial charge < -0.3 is 14.8 Å². The largest absolute Gasteiger partial charge is 0.450 e. The van der Waals surface area contributed by atoms with E-state index in [-0.39, 0.29) is 12.5 Å². The van der Waals surface area contributed by atoms with Crippen LogP contribution in [-0.4, -0.2) is 11.0 Å². The van der Waals surface area contributed by atoms with E-state index in [0.29, 0.717) is 11.4 Å². The number of benzene rings is 2. The topological polar surface area (TPSA) is 62.5 Å². The lowest BCUT2D eigenvalue weighted by Crippen LogP contribution is -2.12. The summed E-state index contributed by atoms with van der Waals surface area (Å²) in [6.07, 6.45) is 0. The van der Waals surface area contributed by atoms with Crippen molar-refractivity contribution in [2.75, 3.05) is 5.32 Å². The average Bonchev–Trinajstić information content (AvgIpc) is 2.90. The summed E-state index contributed by atoms with van der Waals surface area (Å²) in [6, 6.07) is 11.1. The van der Waals surface area contributed by atoms with Crippen molar-refractivity contribution in [1.82, 2.24) is 0 Å². The van der Waals surface area contributed by atoms with Crippen molar-refractivity contribution in [1.29, 1.82) is 0 Å². The molecule has 0 aliphatic carbocycles. The van der Waals surface area contributed by atoms with Gasteiger partial charge in [-0.3, -0.25) is 4.79 Å². The van der Waals surface area contributed by atoms with Crippen LogP contribution in [0.25, 0.3) is 11.0 Å². The van der Waals surface area contributed by atoms with E-state index in [2.05, 4.69) is 5.32 Å². The van der Waals surface area contributed by atoms with Crippen LogP contribution in [0.1, 0.15) is 32.8 Å².